The van der Waals surface area contributed by atoms with Crippen molar-refractivity contribution in [2.75, 3.05) is 0 Å². The summed E-state index contributed by atoms with van der Waals surface area (Å²) < 4.78 is 41.2. The van der Waals surface area contributed by atoms with Gasteiger partial charge in [0.2, 0.25) is 0 Å². The third kappa shape index (κ3) is 7.31. The summed E-state index contributed by atoms with van der Waals surface area (Å²) in [6.45, 7) is 6.72. The van der Waals surface area contributed by atoms with E-state index in [0.717, 1.165) is 5.92 Å². The molecule has 94 valence electrons. The maximum atomic E-state index is 9.75. The zero-order chi connectivity index (χ0) is 12.8. The predicted molar refractivity (Wildman–Crippen MR) is 56.6 cm³/mol. The highest BCUT2D eigenvalue weighted by Gasteiger charge is 2.20. The van der Waals surface area contributed by atoms with Crippen LogP contribution in [0, 0.1) is 5.92 Å². The van der Waals surface area contributed by atoms with Crippen LogP contribution in [0.15, 0.2) is 18.7 Å². The summed E-state index contributed by atoms with van der Waals surface area (Å²) in [5.41, 5.74) is 0. The van der Waals surface area contributed by atoms with Crippen molar-refractivity contribution in [3.63, 3.8) is 0 Å². The zero-order valence-corrected chi connectivity index (χ0v) is 9.58. The second-order valence-electron chi connectivity index (χ2n) is 3.63. The average molecular weight is 239 g/mol. The molecule has 7 heteroatoms. The molecule has 2 nitrogen and oxygen atoms in total. The van der Waals surface area contributed by atoms with Gasteiger partial charge >= 0.3 is 7.25 Å². The number of aromatic nitrogens is 2. The lowest BCUT2D eigenvalue weighted by atomic mass is 10.0. The van der Waals surface area contributed by atoms with Gasteiger partial charge in [-0.2, -0.15) is 0 Å². The fraction of sp³-hybridized carbons (Fsp3) is 0.667. The molecule has 0 amide bonds. The maximum absolute atomic E-state index is 9.75. The van der Waals surface area contributed by atoms with Crippen molar-refractivity contribution < 1.29 is 17.3 Å². The summed E-state index contributed by atoms with van der Waals surface area (Å²) in [5, 5.41) is 0. The minimum atomic E-state index is -6.00. The molecule has 0 spiro atoms. The molecule has 0 bridgehead atoms. The van der Waals surface area contributed by atoms with Crippen LogP contribution < -0.4 is 0 Å². The molecule has 1 aromatic rings. The van der Waals surface area contributed by atoms with Crippen molar-refractivity contribution >= 4 is 7.25 Å². The molecule has 2 atom stereocenters. The van der Waals surface area contributed by atoms with Gasteiger partial charge in [-0.3, -0.25) is 0 Å². The first kappa shape index (κ1) is 15.0. The van der Waals surface area contributed by atoms with Crippen LogP contribution in [0.3, 0.4) is 0 Å². The van der Waals surface area contributed by atoms with E-state index < -0.39 is 7.25 Å². The van der Waals surface area contributed by atoms with E-state index in [9.17, 15) is 17.3 Å². The zero-order valence-electron chi connectivity index (χ0n) is 9.58. The smallest absolute Gasteiger partial charge is 0.418 e. The van der Waals surface area contributed by atoms with E-state index in [-0.39, 0.29) is 0 Å². The third-order valence-electron chi connectivity index (χ3n) is 2.46. The number of hydrogen-bond acceptors (Lipinski definition) is 1. The minimum absolute atomic E-state index is 0.572. The number of rotatable bonds is 3. The van der Waals surface area contributed by atoms with Crippen LogP contribution in [0.4, 0.5) is 17.3 Å². The molecule has 0 fully saturated rings. The Labute approximate surface area is 92.8 Å². The molecule has 0 aromatic carbocycles. The molecule has 1 aromatic heterocycles. The number of imidazole rings is 1. The largest absolute Gasteiger partial charge is 0.673 e. The monoisotopic (exact) mass is 239 g/mol. The molecule has 0 saturated carbocycles. The molecule has 0 radical (unpaired) electrons. The Morgan fingerprint density at radius 1 is 1.25 bits per heavy atom. The van der Waals surface area contributed by atoms with E-state index in [2.05, 4.69) is 30.3 Å². The Hall–Kier alpha value is -1.01. The number of hydrogen-bond donors (Lipinski definition) is 0. The van der Waals surface area contributed by atoms with Gasteiger partial charge in [0.05, 0.1) is 6.33 Å². The summed E-state index contributed by atoms with van der Waals surface area (Å²) >= 11 is 0. The molecule has 2 unspecified atom stereocenters. The van der Waals surface area contributed by atoms with Crippen LogP contribution in [0.1, 0.15) is 33.2 Å². The Morgan fingerprint density at radius 3 is 2.06 bits per heavy atom. The van der Waals surface area contributed by atoms with Crippen molar-refractivity contribution in [2.45, 2.75) is 33.2 Å². The molecular weight excluding hydrogens is 223 g/mol. The van der Waals surface area contributed by atoms with E-state index in [1.165, 1.54) is 6.42 Å². The Bertz CT molecular complexity index is 268. The molecule has 1 heterocycles. The second-order valence-corrected chi connectivity index (χ2v) is 3.63. The first-order valence-corrected chi connectivity index (χ1v) is 5.10. The first-order chi connectivity index (χ1) is 7.25. The van der Waals surface area contributed by atoms with E-state index in [0.29, 0.717) is 6.04 Å². The predicted octanol–water partition coefficient (Wildman–Crippen LogP) is 3.79. The van der Waals surface area contributed by atoms with Crippen LogP contribution in [0.25, 0.3) is 0 Å². The van der Waals surface area contributed by atoms with Gasteiger partial charge in [0.1, 0.15) is 0 Å². The summed E-state index contributed by atoms with van der Waals surface area (Å²) in [7, 11) is -6.00. The maximum Gasteiger partial charge on any atom is 0.673 e. The average Bonchev–Trinajstić information content (AvgIpc) is 2.65. The van der Waals surface area contributed by atoms with Gasteiger partial charge in [-0.15, -0.1) is 0 Å². The lowest BCUT2D eigenvalue weighted by Gasteiger charge is -2.19. The molecule has 0 aliphatic rings. The van der Waals surface area contributed by atoms with Crippen molar-refractivity contribution in [1.29, 1.82) is 0 Å². The van der Waals surface area contributed by atoms with Crippen LogP contribution in [-0.2, 0) is 0 Å². The van der Waals surface area contributed by atoms with Gasteiger partial charge in [0, 0.05) is 18.4 Å². The van der Waals surface area contributed by atoms with Crippen molar-refractivity contribution in [3.8, 4) is 0 Å². The fourth-order valence-corrected chi connectivity index (χ4v) is 1.15. The van der Waals surface area contributed by atoms with Gasteiger partial charge in [-0.25, -0.2) is 4.98 Å². The van der Waals surface area contributed by atoms with Crippen molar-refractivity contribution in [3.05, 3.63) is 18.7 Å². The van der Waals surface area contributed by atoms with Crippen LogP contribution in [-0.4, -0.2) is 16.8 Å². The van der Waals surface area contributed by atoms with Crippen molar-refractivity contribution in [2.24, 2.45) is 5.92 Å². The SMILES string of the molecule is CCC(C)C(C)n1ccnc1.F[B-](F)(F)F. The van der Waals surface area contributed by atoms with E-state index in [1.807, 2.05) is 18.7 Å². The summed E-state index contributed by atoms with van der Waals surface area (Å²) in [6.07, 6.45) is 6.96. The Morgan fingerprint density at radius 2 is 1.75 bits per heavy atom. The van der Waals surface area contributed by atoms with Crippen LogP contribution in [0.2, 0.25) is 0 Å². The molecule has 16 heavy (non-hydrogen) atoms. The van der Waals surface area contributed by atoms with Gasteiger partial charge < -0.3 is 21.8 Å². The molecule has 0 aliphatic heterocycles. The van der Waals surface area contributed by atoms with E-state index in [1.54, 1.807) is 0 Å². The highest BCUT2D eigenvalue weighted by atomic mass is 19.5. The minimum Gasteiger partial charge on any atom is -0.418 e. The highest BCUT2D eigenvalue weighted by molar-refractivity contribution is 6.50. The first-order valence-electron chi connectivity index (χ1n) is 5.10. The molecule has 0 saturated heterocycles. The molecule has 0 aliphatic carbocycles. The van der Waals surface area contributed by atoms with Crippen LogP contribution in [0.5, 0.6) is 0 Å². The Balaban J connectivity index is 0.000000385. The molecular formula is C9H16BF4N2-. The van der Waals surface area contributed by atoms with Gasteiger partial charge in [-0.05, 0) is 12.8 Å². The van der Waals surface area contributed by atoms with Gasteiger partial charge in [0.15, 0.2) is 0 Å². The van der Waals surface area contributed by atoms with Crippen LogP contribution >= 0.6 is 0 Å². The van der Waals surface area contributed by atoms with Crippen molar-refractivity contribution in [1.82, 2.24) is 9.55 Å². The Kier molecular flexibility index (Phi) is 6.14. The van der Waals surface area contributed by atoms with Gasteiger partial charge in [0.25, 0.3) is 0 Å². The lowest BCUT2D eigenvalue weighted by Crippen LogP contribution is -2.11. The quantitative estimate of drug-likeness (QED) is 0.579. The second kappa shape index (κ2) is 6.55. The fourth-order valence-electron chi connectivity index (χ4n) is 1.15. The third-order valence-corrected chi connectivity index (χ3v) is 2.46. The highest BCUT2D eigenvalue weighted by Crippen LogP contribution is 2.19. The summed E-state index contributed by atoms with van der Waals surface area (Å²) in [5.74, 6) is 0.726. The van der Waals surface area contributed by atoms with Gasteiger partial charge in [-0.1, -0.05) is 20.3 Å². The number of halogens is 4. The topological polar surface area (TPSA) is 17.8 Å². The summed E-state index contributed by atoms with van der Waals surface area (Å²) in [6, 6.07) is 0.572. The molecule has 0 N–H and O–H groups in total. The number of nitrogens with zero attached hydrogens (tertiary/aromatic N) is 2. The summed E-state index contributed by atoms with van der Waals surface area (Å²) in [4.78, 5) is 4.02. The lowest BCUT2D eigenvalue weighted by molar-refractivity contribution is 0.368. The van der Waals surface area contributed by atoms with E-state index >= 15 is 0 Å². The standard InChI is InChI=1S/C9H16N2.BF4/c1-4-8(2)9(3)11-6-5-10-7-11;2-1(3,4)5/h5-9H,4H2,1-3H3;/q;-1. The van der Waals surface area contributed by atoms with E-state index in [4.69, 9.17) is 0 Å². The molecule has 1 rings (SSSR count). The normalized spacial score (nSPS) is 14.9.